The summed E-state index contributed by atoms with van der Waals surface area (Å²) in [4.78, 5) is 13.2. The van der Waals surface area contributed by atoms with E-state index in [1.165, 1.54) is 37.5 Å². The van der Waals surface area contributed by atoms with Crippen LogP contribution in [0.2, 0.25) is 0 Å². The zero-order chi connectivity index (χ0) is 26.9. The molecule has 0 aliphatic heterocycles. The first-order valence-electron chi connectivity index (χ1n) is 14.1. The molecular formula is C32H50O4. The lowest BCUT2D eigenvalue weighted by molar-refractivity contribution is -0.152. The van der Waals surface area contributed by atoms with Crippen molar-refractivity contribution in [3.05, 3.63) is 35.5 Å². The van der Waals surface area contributed by atoms with Crippen molar-refractivity contribution in [2.75, 3.05) is 7.11 Å². The van der Waals surface area contributed by atoms with E-state index >= 15 is 0 Å². The van der Waals surface area contributed by atoms with Gasteiger partial charge in [0.05, 0.1) is 24.7 Å². The van der Waals surface area contributed by atoms with Crippen molar-refractivity contribution in [2.45, 2.75) is 112 Å². The van der Waals surface area contributed by atoms with Crippen LogP contribution in [0.4, 0.5) is 0 Å². The Bertz CT molecular complexity index is 981. The number of aliphatic hydroxyl groups is 2. The smallest absolute Gasteiger partial charge is 0.309 e. The number of ether oxygens (including phenoxy) is 1. The number of esters is 1. The van der Waals surface area contributed by atoms with Gasteiger partial charge in [0.15, 0.2) is 0 Å². The van der Waals surface area contributed by atoms with Crippen molar-refractivity contribution in [2.24, 2.45) is 39.4 Å². The molecule has 36 heavy (non-hydrogen) atoms. The van der Waals surface area contributed by atoms with E-state index in [1.54, 1.807) is 13.8 Å². The van der Waals surface area contributed by atoms with Crippen LogP contribution in [0, 0.1) is 39.4 Å². The number of methoxy groups -OCH3 is 1. The van der Waals surface area contributed by atoms with Crippen molar-refractivity contribution < 1.29 is 19.7 Å². The van der Waals surface area contributed by atoms with Crippen molar-refractivity contribution in [3.8, 4) is 0 Å². The van der Waals surface area contributed by atoms with E-state index in [0.717, 1.165) is 12.8 Å². The molecule has 4 aliphatic carbocycles. The maximum Gasteiger partial charge on any atom is 0.309 e. The molecule has 0 amide bonds. The topological polar surface area (TPSA) is 66.8 Å². The Labute approximate surface area is 219 Å². The molecule has 0 bridgehead atoms. The van der Waals surface area contributed by atoms with Crippen LogP contribution in [0.1, 0.15) is 99.8 Å². The normalized spacial score (nSPS) is 40.2. The van der Waals surface area contributed by atoms with Crippen molar-refractivity contribution >= 4 is 5.97 Å². The second-order valence-corrected chi connectivity index (χ2v) is 14.4. The molecule has 4 heteroatoms. The first kappa shape index (κ1) is 27.6. The molecule has 0 spiro atoms. The minimum atomic E-state index is -0.997. The second-order valence-electron chi connectivity index (χ2n) is 14.4. The average Bonchev–Trinajstić information content (AvgIpc) is 2.98. The molecule has 0 aromatic rings. The summed E-state index contributed by atoms with van der Waals surface area (Å²) in [6.45, 7) is 19.6. The van der Waals surface area contributed by atoms with Gasteiger partial charge in [-0.05, 0) is 97.7 Å². The molecule has 0 radical (unpaired) electrons. The van der Waals surface area contributed by atoms with Crippen molar-refractivity contribution in [1.82, 2.24) is 0 Å². The summed E-state index contributed by atoms with van der Waals surface area (Å²) < 4.78 is 5.29. The van der Waals surface area contributed by atoms with E-state index in [-0.39, 0.29) is 28.1 Å². The van der Waals surface area contributed by atoms with Crippen LogP contribution in [0.3, 0.4) is 0 Å². The predicted molar refractivity (Wildman–Crippen MR) is 145 cm³/mol. The number of hydrogen-bond donors (Lipinski definition) is 2. The minimum absolute atomic E-state index is 0.172. The largest absolute Gasteiger partial charge is 0.469 e. The lowest BCUT2D eigenvalue weighted by atomic mass is 9.44. The van der Waals surface area contributed by atoms with Gasteiger partial charge in [0.25, 0.3) is 0 Å². The molecule has 2 N–H and O–H groups in total. The summed E-state index contributed by atoms with van der Waals surface area (Å²) in [7, 11) is 1.44. The van der Waals surface area contributed by atoms with Crippen molar-refractivity contribution in [1.29, 1.82) is 0 Å². The number of carbonyl (C=O) groups excluding carboxylic acids is 1. The Morgan fingerprint density at radius 2 is 1.83 bits per heavy atom. The van der Waals surface area contributed by atoms with Crippen LogP contribution >= 0.6 is 0 Å². The van der Waals surface area contributed by atoms with Gasteiger partial charge >= 0.3 is 5.97 Å². The SMILES string of the molecule is C=C(CC[C@@H](C(=O)OC)[C@H]1[C@H](O)C[C@@]2(C)C3=CC[C@H]4C(C)(C)CCC[C@]4(C)C3=CC[C@]12C)C(C)(C)O. The number of allylic oxidation sites excluding steroid dienone is 4. The van der Waals surface area contributed by atoms with Gasteiger partial charge in [0.2, 0.25) is 0 Å². The van der Waals surface area contributed by atoms with Gasteiger partial charge in [0, 0.05) is 11.3 Å². The highest BCUT2D eigenvalue weighted by molar-refractivity contribution is 5.73. The highest BCUT2D eigenvalue weighted by atomic mass is 16.5. The van der Waals surface area contributed by atoms with Crippen LogP contribution < -0.4 is 0 Å². The first-order chi connectivity index (χ1) is 16.5. The van der Waals surface area contributed by atoms with Gasteiger partial charge in [-0.1, -0.05) is 59.8 Å². The van der Waals surface area contributed by atoms with E-state index in [1.807, 2.05) is 0 Å². The number of hydrogen-bond acceptors (Lipinski definition) is 4. The Balaban J connectivity index is 1.72. The monoisotopic (exact) mass is 498 g/mol. The third kappa shape index (κ3) is 3.97. The molecule has 4 nitrogen and oxygen atoms in total. The molecule has 4 rings (SSSR count). The summed E-state index contributed by atoms with van der Waals surface area (Å²) in [6.07, 6.45) is 11.8. The predicted octanol–water partition coefficient (Wildman–Crippen LogP) is 6.77. The molecule has 0 aromatic carbocycles. The second kappa shape index (κ2) is 8.83. The van der Waals surface area contributed by atoms with Gasteiger partial charge in [-0.2, -0.15) is 0 Å². The van der Waals surface area contributed by atoms with Crippen LogP contribution in [0.15, 0.2) is 35.5 Å². The molecule has 7 atom stereocenters. The Morgan fingerprint density at radius 3 is 2.44 bits per heavy atom. The molecular weight excluding hydrogens is 448 g/mol. The van der Waals surface area contributed by atoms with Crippen LogP contribution in [-0.4, -0.2) is 35.0 Å². The maximum absolute atomic E-state index is 13.2. The van der Waals surface area contributed by atoms with E-state index in [2.05, 4.69) is 53.3 Å². The average molecular weight is 499 g/mol. The molecule has 0 saturated heterocycles. The van der Waals surface area contributed by atoms with Crippen LogP contribution in [0.5, 0.6) is 0 Å². The number of fused-ring (bicyclic) bond motifs is 5. The summed E-state index contributed by atoms with van der Waals surface area (Å²) in [5.41, 5.74) is 2.70. The summed E-state index contributed by atoms with van der Waals surface area (Å²) in [5.74, 6) is -0.274. The van der Waals surface area contributed by atoms with Gasteiger partial charge in [-0.3, -0.25) is 4.79 Å². The fourth-order valence-corrected chi connectivity index (χ4v) is 9.15. The zero-order valence-corrected chi connectivity index (χ0v) is 24.0. The fraction of sp³-hybridized carbons (Fsp3) is 0.781. The quantitative estimate of drug-likeness (QED) is 0.313. The third-order valence-electron chi connectivity index (χ3n) is 11.6. The van der Waals surface area contributed by atoms with E-state index in [4.69, 9.17) is 4.74 Å². The molecule has 0 heterocycles. The fourth-order valence-electron chi connectivity index (χ4n) is 9.15. The Hall–Kier alpha value is -1.39. The summed E-state index contributed by atoms with van der Waals surface area (Å²) >= 11 is 0. The highest BCUT2D eigenvalue weighted by Crippen LogP contribution is 2.71. The molecule has 4 aliphatic rings. The molecule has 0 aromatic heterocycles. The Kier molecular flexibility index (Phi) is 6.78. The van der Waals surface area contributed by atoms with E-state index < -0.39 is 17.6 Å². The maximum atomic E-state index is 13.2. The lowest BCUT2D eigenvalue weighted by Crippen LogP contribution is -2.51. The van der Waals surface area contributed by atoms with Gasteiger partial charge < -0.3 is 14.9 Å². The zero-order valence-electron chi connectivity index (χ0n) is 24.0. The number of carbonyl (C=O) groups is 1. The van der Waals surface area contributed by atoms with E-state index in [9.17, 15) is 15.0 Å². The van der Waals surface area contributed by atoms with Crippen LogP contribution in [0.25, 0.3) is 0 Å². The summed E-state index contributed by atoms with van der Waals surface area (Å²) in [6, 6.07) is 0. The number of aliphatic hydroxyl groups excluding tert-OH is 1. The third-order valence-corrected chi connectivity index (χ3v) is 11.6. The van der Waals surface area contributed by atoms with Crippen molar-refractivity contribution in [3.63, 3.8) is 0 Å². The van der Waals surface area contributed by atoms with Gasteiger partial charge in [-0.15, -0.1) is 0 Å². The molecule has 0 unspecified atom stereocenters. The molecule has 2 fully saturated rings. The standard InChI is InChI=1S/C32H50O4/c1-20(29(4,5)35)11-12-21(27(34)36-9)26-24(33)19-32(8)23-13-14-25-28(2,3)16-10-17-30(25,6)22(23)15-18-31(26,32)7/h13,15,21,24-26,33,35H,1,10-12,14,16-19H2,2-9H3/t21-,24-,25+,26+,30-,31-,32+/m1/s1. The first-order valence-corrected chi connectivity index (χ1v) is 14.1. The van der Waals surface area contributed by atoms with Crippen LogP contribution in [-0.2, 0) is 9.53 Å². The van der Waals surface area contributed by atoms with E-state index in [0.29, 0.717) is 36.2 Å². The molecule has 2 saturated carbocycles. The van der Waals surface area contributed by atoms with Gasteiger partial charge in [0.1, 0.15) is 0 Å². The summed E-state index contributed by atoms with van der Waals surface area (Å²) in [5, 5.41) is 22.0. The Morgan fingerprint density at radius 1 is 1.17 bits per heavy atom. The molecule has 202 valence electrons. The van der Waals surface area contributed by atoms with Gasteiger partial charge in [-0.25, -0.2) is 0 Å². The minimum Gasteiger partial charge on any atom is -0.469 e. The highest BCUT2D eigenvalue weighted by Gasteiger charge is 2.66. The lowest BCUT2D eigenvalue weighted by Gasteiger charge is -2.60. The number of rotatable bonds is 6.